The minimum atomic E-state index is -0.377. The van der Waals surface area contributed by atoms with Crippen molar-refractivity contribution in [3.05, 3.63) is 23.8 Å². The van der Waals surface area contributed by atoms with Gasteiger partial charge in [0.15, 0.2) is 0 Å². The van der Waals surface area contributed by atoms with Gasteiger partial charge in [0.1, 0.15) is 17.6 Å². The first-order valence-electron chi connectivity index (χ1n) is 7.36. The van der Waals surface area contributed by atoms with E-state index < -0.39 is 0 Å². The average Bonchev–Trinajstić information content (AvgIpc) is 2.55. The van der Waals surface area contributed by atoms with Crippen LogP contribution in [-0.2, 0) is 9.47 Å². The van der Waals surface area contributed by atoms with Gasteiger partial charge in [0.25, 0.3) is 0 Å². The largest absolute Gasteiger partial charge is 0.497 e. The second kappa shape index (κ2) is 8.00. The Morgan fingerprint density at radius 3 is 2.32 bits per heavy atom. The first-order chi connectivity index (χ1) is 10.6. The molecule has 1 aliphatic rings. The molecule has 0 aliphatic carbocycles. The number of rotatable bonds is 6. The fraction of sp³-hybridized carbons (Fsp3) is 0.562. The van der Waals surface area contributed by atoms with Crippen molar-refractivity contribution in [2.24, 2.45) is 0 Å². The molecule has 0 radical (unpaired) electrons. The van der Waals surface area contributed by atoms with E-state index in [9.17, 15) is 4.79 Å². The third-order valence-electron chi connectivity index (χ3n) is 3.51. The maximum Gasteiger partial charge on any atom is 0.338 e. The number of benzene rings is 1. The minimum absolute atomic E-state index is 0.192. The maximum absolute atomic E-state index is 12.3. The summed E-state index contributed by atoms with van der Waals surface area (Å²) in [6.45, 7) is 5.80. The molecule has 1 atom stereocenters. The Balaban J connectivity index is 1.95. The van der Waals surface area contributed by atoms with E-state index in [0.717, 1.165) is 26.3 Å². The summed E-state index contributed by atoms with van der Waals surface area (Å²) in [5.41, 5.74) is 0.421. The Hall–Kier alpha value is -1.79. The number of morpholine rings is 1. The highest BCUT2D eigenvalue weighted by Crippen LogP contribution is 2.23. The van der Waals surface area contributed by atoms with Gasteiger partial charge >= 0.3 is 5.97 Å². The Labute approximate surface area is 130 Å². The monoisotopic (exact) mass is 309 g/mol. The standard InChI is InChI=1S/C16H23NO5/c1-12(11-17-4-6-21-7-5-17)22-16(18)13-8-14(19-2)10-15(9-13)20-3/h8-10,12H,4-7,11H2,1-3H3/t12-/m0/s1. The van der Waals surface area contributed by atoms with Gasteiger partial charge in [0, 0.05) is 25.7 Å². The van der Waals surface area contributed by atoms with Gasteiger partial charge in [0.2, 0.25) is 0 Å². The van der Waals surface area contributed by atoms with Crippen molar-refractivity contribution >= 4 is 5.97 Å². The Morgan fingerprint density at radius 1 is 1.18 bits per heavy atom. The number of methoxy groups -OCH3 is 2. The van der Waals surface area contributed by atoms with Crippen molar-refractivity contribution in [1.82, 2.24) is 4.90 Å². The number of carbonyl (C=O) groups is 1. The summed E-state index contributed by atoms with van der Waals surface area (Å²) in [7, 11) is 3.09. The van der Waals surface area contributed by atoms with Gasteiger partial charge in [-0.1, -0.05) is 0 Å². The summed E-state index contributed by atoms with van der Waals surface area (Å²) >= 11 is 0. The quantitative estimate of drug-likeness (QED) is 0.744. The Bertz CT molecular complexity index is 477. The van der Waals surface area contributed by atoms with Crippen molar-refractivity contribution in [3.8, 4) is 11.5 Å². The van der Waals surface area contributed by atoms with E-state index in [0.29, 0.717) is 23.6 Å². The second-order valence-corrected chi connectivity index (χ2v) is 5.23. The summed E-state index contributed by atoms with van der Waals surface area (Å²) in [6, 6.07) is 5.01. The molecule has 1 aromatic rings. The van der Waals surface area contributed by atoms with E-state index in [1.54, 1.807) is 32.4 Å². The number of nitrogens with zero attached hydrogens (tertiary/aromatic N) is 1. The molecule has 122 valence electrons. The summed E-state index contributed by atoms with van der Waals surface area (Å²) < 4.78 is 21.1. The molecule has 0 saturated carbocycles. The third kappa shape index (κ3) is 4.61. The van der Waals surface area contributed by atoms with Gasteiger partial charge in [-0.05, 0) is 19.1 Å². The van der Waals surface area contributed by atoms with Gasteiger partial charge in [-0.3, -0.25) is 4.90 Å². The second-order valence-electron chi connectivity index (χ2n) is 5.23. The molecule has 0 spiro atoms. The van der Waals surface area contributed by atoms with Crippen LogP contribution in [0.2, 0.25) is 0 Å². The van der Waals surface area contributed by atoms with E-state index >= 15 is 0 Å². The van der Waals surface area contributed by atoms with Crippen LogP contribution in [0.3, 0.4) is 0 Å². The molecule has 2 rings (SSSR count). The van der Waals surface area contributed by atoms with E-state index in [4.69, 9.17) is 18.9 Å². The SMILES string of the molecule is COc1cc(OC)cc(C(=O)O[C@@H](C)CN2CCOCC2)c1. The van der Waals surface area contributed by atoms with Crippen LogP contribution in [0.1, 0.15) is 17.3 Å². The minimum Gasteiger partial charge on any atom is -0.497 e. The molecular weight excluding hydrogens is 286 g/mol. The van der Waals surface area contributed by atoms with E-state index in [1.807, 2.05) is 6.92 Å². The van der Waals surface area contributed by atoms with Gasteiger partial charge in [-0.25, -0.2) is 4.79 Å². The molecule has 6 nitrogen and oxygen atoms in total. The van der Waals surface area contributed by atoms with Crippen LogP contribution in [0.15, 0.2) is 18.2 Å². The molecule has 1 aliphatic heterocycles. The van der Waals surface area contributed by atoms with Crippen LogP contribution in [0.25, 0.3) is 0 Å². The predicted molar refractivity (Wildman–Crippen MR) is 81.7 cm³/mol. The van der Waals surface area contributed by atoms with Gasteiger partial charge in [-0.15, -0.1) is 0 Å². The molecule has 6 heteroatoms. The van der Waals surface area contributed by atoms with E-state index in [1.165, 1.54) is 0 Å². The van der Waals surface area contributed by atoms with Crippen LogP contribution in [-0.4, -0.2) is 64.0 Å². The topological polar surface area (TPSA) is 57.2 Å². The van der Waals surface area contributed by atoms with Crippen molar-refractivity contribution in [1.29, 1.82) is 0 Å². The lowest BCUT2D eigenvalue weighted by Gasteiger charge is -2.28. The number of esters is 1. The third-order valence-corrected chi connectivity index (χ3v) is 3.51. The summed E-state index contributed by atoms with van der Waals surface area (Å²) in [6.07, 6.45) is -0.192. The molecule has 22 heavy (non-hydrogen) atoms. The molecule has 0 aromatic heterocycles. The van der Waals surface area contributed by atoms with Crippen LogP contribution in [0.5, 0.6) is 11.5 Å². The highest BCUT2D eigenvalue weighted by atomic mass is 16.5. The number of ether oxygens (including phenoxy) is 4. The first kappa shape index (κ1) is 16.6. The molecule has 0 N–H and O–H groups in total. The first-order valence-corrected chi connectivity index (χ1v) is 7.36. The lowest BCUT2D eigenvalue weighted by Crippen LogP contribution is -2.41. The van der Waals surface area contributed by atoms with Gasteiger partial charge in [-0.2, -0.15) is 0 Å². The van der Waals surface area contributed by atoms with Crippen molar-refractivity contribution in [2.75, 3.05) is 47.1 Å². The number of hydrogen-bond acceptors (Lipinski definition) is 6. The lowest BCUT2D eigenvalue weighted by molar-refractivity contribution is 0.000411. The zero-order chi connectivity index (χ0) is 15.9. The van der Waals surface area contributed by atoms with Crippen molar-refractivity contribution in [3.63, 3.8) is 0 Å². The normalized spacial score (nSPS) is 16.9. The molecule has 0 amide bonds. The fourth-order valence-corrected chi connectivity index (χ4v) is 2.36. The molecule has 1 aromatic carbocycles. The van der Waals surface area contributed by atoms with Crippen LogP contribution in [0, 0.1) is 0 Å². The summed E-state index contributed by atoms with van der Waals surface area (Å²) in [4.78, 5) is 14.5. The smallest absolute Gasteiger partial charge is 0.338 e. The molecule has 0 unspecified atom stereocenters. The lowest BCUT2D eigenvalue weighted by atomic mass is 10.2. The number of hydrogen-bond donors (Lipinski definition) is 0. The van der Waals surface area contributed by atoms with Gasteiger partial charge < -0.3 is 18.9 Å². The highest BCUT2D eigenvalue weighted by molar-refractivity contribution is 5.90. The summed E-state index contributed by atoms with van der Waals surface area (Å²) in [5.74, 6) is 0.747. The highest BCUT2D eigenvalue weighted by Gasteiger charge is 2.18. The molecule has 1 heterocycles. The average molecular weight is 309 g/mol. The Kier molecular flexibility index (Phi) is 6.03. The molecule has 1 saturated heterocycles. The van der Waals surface area contributed by atoms with Crippen molar-refractivity contribution in [2.45, 2.75) is 13.0 Å². The van der Waals surface area contributed by atoms with Crippen LogP contribution in [0.4, 0.5) is 0 Å². The molecular formula is C16H23NO5. The van der Waals surface area contributed by atoms with Crippen LogP contribution >= 0.6 is 0 Å². The number of carbonyl (C=O) groups excluding carboxylic acids is 1. The maximum atomic E-state index is 12.3. The van der Waals surface area contributed by atoms with E-state index in [-0.39, 0.29) is 12.1 Å². The van der Waals surface area contributed by atoms with Crippen molar-refractivity contribution < 1.29 is 23.7 Å². The van der Waals surface area contributed by atoms with Gasteiger partial charge in [0.05, 0.1) is 33.0 Å². The molecule has 0 bridgehead atoms. The summed E-state index contributed by atoms with van der Waals surface area (Å²) in [5, 5.41) is 0. The fourth-order valence-electron chi connectivity index (χ4n) is 2.36. The van der Waals surface area contributed by atoms with Crippen LogP contribution < -0.4 is 9.47 Å². The zero-order valence-electron chi connectivity index (χ0n) is 13.3. The molecule has 1 fully saturated rings. The Morgan fingerprint density at radius 2 is 1.77 bits per heavy atom. The predicted octanol–water partition coefficient (Wildman–Crippen LogP) is 1.58. The van der Waals surface area contributed by atoms with E-state index in [2.05, 4.69) is 4.90 Å². The zero-order valence-corrected chi connectivity index (χ0v) is 13.3.